The van der Waals surface area contributed by atoms with Crippen LogP contribution in [0.2, 0.25) is 0 Å². The molecule has 0 unspecified atom stereocenters. The van der Waals surface area contributed by atoms with Crippen molar-refractivity contribution in [1.29, 1.82) is 0 Å². The Morgan fingerprint density at radius 2 is 1.51 bits per heavy atom. The van der Waals surface area contributed by atoms with E-state index >= 15 is 0 Å². The molecule has 214 valence electrons. The van der Waals surface area contributed by atoms with E-state index in [1.165, 1.54) is 33.9 Å². The molecule has 2 aromatic rings. The lowest BCUT2D eigenvalue weighted by molar-refractivity contribution is -0.156. The summed E-state index contributed by atoms with van der Waals surface area (Å²) in [4.78, 5) is 23.1. The van der Waals surface area contributed by atoms with Crippen molar-refractivity contribution >= 4 is 37.1 Å². The standard InChI is InChI=1S/C13H17BF3NO2.C7H8BFO3.C4H6O3/c1-8-6-9(7-10(18-8)13(15,16)17)14-19-11(2,3)12(4,5)20-14;1-12-7-4-5(9)2-3-6(7)8(10)11;1-3(5)7-4(2)6/h6-7H,1-5H3;2-4,10-11H,1H3;1-2H3. The second kappa shape index (κ2) is 13.4. The summed E-state index contributed by atoms with van der Waals surface area (Å²) in [5, 5.41) is 17.6. The van der Waals surface area contributed by atoms with Crippen LogP contribution in [0.25, 0.3) is 0 Å². The molecule has 9 nitrogen and oxygen atoms in total. The van der Waals surface area contributed by atoms with E-state index < -0.39 is 55.1 Å². The molecule has 39 heavy (non-hydrogen) atoms. The number of nitrogens with zero attached hydrogens (tertiary/aromatic N) is 1. The van der Waals surface area contributed by atoms with Crippen molar-refractivity contribution in [2.45, 2.75) is 65.8 Å². The summed E-state index contributed by atoms with van der Waals surface area (Å²) in [6.07, 6.45) is -4.48. The Kier molecular flexibility index (Phi) is 11.7. The van der Waals surface area contributed by atoms with E-state index in [1.807, 2.05) is 27.7 Å². The number of alkyl halides is 3. The normalized spacial score (nSPS) is 15.3. The van der Waals surface area contributed by atoms with Gasteiger partial charge >= 0.3 is 32.4 Å². The first-order valence-electron chi connectivity index (χ1n) is 11.5. The van der Waals surface area contributed by atoms with Gasteiger partial charge in [0.15, 0.2) is 0 Å². The number of hydrogen-bond donors (Lipinski definition) is 2. The molecule has 1 aromatic carbocycles. The number of methoxy groups -OCH3 is 1. The molecule has 1 aromatic heterocycles. The molecule has 1 aliphatic heterocycles. The molecule has 0 amide bonds. The van der Waals surface area contributed by atoms with E-state index in [1.54, 1.807) is 6.07 Å². The smallest absolute Gasteiger partial charge is 0.494 e. The largest absolute Gasteiger partial charge is 0.497 e. The predicted octanol–water partition coefficient (Wildman–Crippen LogP) is 2.32. The number of rotatable bonds is 3. The maximum atomic E-state index is 12.8. The fourth-order valence-corrected chi connectivity index (χ4v) is 3.06. The van der Waals surface area contributed by atoms with Gasteiger partial charge in [-0.2, -0.15) is 13.2 Å². The highest BCUT2D eigenvalue weighted by atomic mass is 19.4. The molecule has 0 bridgehead atoms. The van der Waals surface area contributed by atoms with Gasteiger partial charge in [0.1, 0.15) is 17.3 Å². The summed E-state index contributed by atoms with van der Waals surface area (Å²) in [6, 6.07) is 6.03. The van der Waals surface area contributed by atoms with Crippen molar-refractivity contribution in [2.24, 2.45) is 0 Å². The number of ether oxygens (including phenoxy) is 2. The minimum absolute atomic E-state index is 0.130. The summed E-state index contributed by atoms with van der Waals surface area (Å²) in [6.45, 7) is 11.3. The van der Waals surface area contributed by atoms with Crippen LogP contribution < -0.4 is 15.7 Å². The average Bonchev–Trinajstić information content (AvgIpc) is 2.99. The lowest BCUT2D eigenvalue weighted by Gasteiger charge is -2.32. The van der Waals surface area contributed by atoms with Crippen LogP contribution in [0.1, 0.15) is 52.9 Å². The topological polar surface area (TPSA) is 124 Å². The SMILES string of the molecule is CC(=O)OC(C)=O.COc1cc(F)ccc1B(O)O.Cc1cc(B2OC(C)(C)C(C)(C)O2)cc(C(F)(F)F)n1. The number of carbonyl (C=O) groups excluding carboxylic acids is 2. The minimum atomic E-state index is -4.48. The highest BCUT2D eigenvalue weighted by Crippen LogP contribution is 2.37. The number of hydrogen-bond acceptors (Lipinski definition) is 9. The Labute approximate surface area is 224 Å². The number of pyridine rings is 1. The van der Waals surface area contributed by atoms with Gasteiger partial charge in [0, 0.05) is 31.1 Å². The Hall–Kier alpha value is -3.00. The molecule has 0 aliphatic carbocycles. The zero-order valence-corrected chi connectivity index (χ0v) is 22.8. The molecular formula is C24H31B2F4NO8. The minimum Gasteiger partial charge on any atom is -0.497 e. The molecule has 0 radical (unpaired) electrons. The van der Waals surface area contributed by atoms with Crippen LogP contribution >= 0.6 is 0 Å². The Bertz CT molecular complexity index is 1130. The number of esters is 2. The first-order valence-corrected chi connectivity index (χ1v) is 11.5. The van der Waals surface area contributed by atoms with Crippen molar-refractivity contribution in [1.82, 2.24) is 4.98 Å². The van der Waals surface area contributed by atoms with E-state index in [4.69, 9.17) is 24.1 Å². The van der Waals surface area contributed by atoms with Gasteiger partial charge in [-0.3, -0.25) is 9.59 Å². The molecule has 2 N–H and O–H groups in total. The third-order valence-corrected chi connectivity index (χ3v) is 5.55. The molecule has 1 fully saturated rings. The van der Waals surface area contributed by atoms with Crippen molar-refractivity contribution in [3.8, 4) is 5.75 Å². The molecule has 0 saturated carbocycles. The number of aromatic nitrogens is 1. The number of benzene rings is 1. The number of aryl methyl sites for hydroxylation is 1. The van der Waals surface area contributed by atoms with Crippen LogP contribution in [0.4, 0.5) is 17.6 Å². The zero-order valence-electron chi connectivity index (χ0n) is 22.8. The van der Waals surface area contributed by atoms with Crippen molar-refractivity contribution < 1.29 is 56.0 Å². The molecule has 1 aliphatic rings. The first kappa shape index (κ1) is 34.0. The second-order valence-electron chi connectivity index (χ2n) is 9.36. The highest BCUT2D eigenvalue weighted by Gasteiger charge is 2.52. The van der Waals surface area contributed by atoms with Crippen LogP contribution in [-0.4, -0.2) is 59.5 Å². The van der Waals surface area contributed by atoms with Crippen molar-refractivity contribution in [3.05, 3.63) is 47.5 Å². The van der Waals surface area contributed by atoms with E-state index in [0.717, 1.165) is 18.2 Å². The maximum absolute atomic E-state index is 12.8. The van der Waals surface area contributed by atoms with Crippen molar-refractivity contribution in [2.75, 3.05) is 7.11 Å². The number of halogens is 4. The summed E-state index contributed by atoms with van der Waals surface area (Å²) in [5.41, 5.74) is -1.34. The molecule has 1 saturated heterocycles. The quantitative estimate of drug-likeness (QED) is 0.253. The van der Waals surface area contributed by atoms with Gasteiger partial charge in [0.05, 0.1) is 18.3 Å². The van der Waals surface area contributed by atoms with Gasteiger partial charge in [-0.05, 0) is 58.3 Å². The van der Waals surface area contributed by atoms with E-state index in [9.17, 15) is 27.2 Å². The summed E-state index contributed by atoms with van der Waals surface area (Å²) in [5.74, 6) is -1.47. The van der Waals surface area contributed by atoms with Gasteiger partial charge in [-0.1, -0.05) is 6.07 Å². The Balaban J connectivity index is 0.000000339. The second-order valence-corrected chi connectivity index (χ2v) is 9.36. The lowest BCUT2D eigenvalue weighted by Crippen LogP contribution is -2.41. The Morgan fingerprint density at radius 3 is 1.90 bits per heavy atom. The van der Waals surface area contributed by atoms with Gasteiger partial charge in [0.25, 0.3) is 0 Å². The molecule has 3 rings (SSSR count). The molecular weight excluding hydrogens is 528 g/mol. The predicted molar refractivity (Wildman–Crippen MR) is 135 cm³/mol. The van der Waals surface area contributed by atoms with Crippen LogP contribution in [0.3, 0.4) is 0 Å². The third-order valence-electron chi connectivity index (χ3n) is 5.55. The summed E-state index contributed by atoms with van der Waals surface area (Å²) >= 11 is 0. The average molecular weight is 559 g/mol. The van der Waals surface area contributed by atoms with Crippen molar-refractivity contribution in [3.63, 3.8) is 0 Å². The molecule has 0 atom stereocenters. The van der Waals surface area contributed by atoms with Crippen LogP contribution in [-0.2, 0) is 29.8 Å². The summed E-state index contributed by atoms with van der Waals surface area (Å²) < 4.78 is 71.1. The third kappa shape index (κ3) is 10.2. The monoisotopic (exact) mass is 559 g/mol. The van der Waals surface area contributed by atoms with E-state index in [2.05, 4.69) is 9.72 Å². The van der Waals surface area contributed by atoms with Crippen LogP contribution in [0.5, 0.6) is 5.75 Å². The van der Waals surface area contributed by atoms with Crippen LogP contribution in [0.15, 0.2) is 30.3 Å². The maximum Gasteiger partial charge on any atom is 0.494 e. The Morgan fingerprint density at radius 1 is 1.00 bits per heavy atom. The van der Waals surface area contributed by atoms with Gasteiger partial charge in [-0.15, -0.1) is 0 Å². The first-order chi connectivity index (χ1) is 17.7. The lowest BCUT2D eigenvalue weighted by atomic mass is 9.79. The van der Waals surface area contributed by atoms with Gasteiger partial charge in [0.2, 0.25) is 0 Å². The van der Waals surface area contributed by atoms with Gasteiger partial charge in [-0.25, -0.2) is 9.37 Å². The fraction of sp³-hybridized carbons (Fsp3) is 0.458. The summed E-state index contributed by atoms with van der Waals surface area (Å²) in [7, 11) is -1.12. The molecule has 15 heteroatoms. The van der Waals surface area contributed by atoms with Crippen LogP contribution in [0, 0.1) is 12.7 Å². The fourth-order valence-electron chi connectivity index (χ4n) is 3.06. The van der Waals surface area contributed by atoms with Gasteiger partial charge < -0.3 is 28.8 Å². The number of carbonyl (C=O) groups is 2. The molecule has 0 spiro atoms. The highest BCUT2D eigenvalue weighted by molar-refractivity contribution is 6.62. The molecule has 2 heterocycles. The zero-order chi connectivity index (χ0) is 30.3. The van der Waals surface area contributed by atoms with E-state index in [0.29, 0.717) is 5.46 Å². The van der Waals surface area contributed by atoms with E-state index in [-0.39, 0.29) is 16.9 Å².